The van der Waals surface area contributed by atoms with Crippen LogP contribution < -0.4 is 19.3 Å². The van der Waals surface area contributed by atoms with E-state index in [0.29, 0.717) is 11.5 Å². The molecule has 0 amide bonds. The first kappa shape index (κ1) is 33.2. The molecular weight excluding hydrogens is 653 g/mol. The number of ether oxygens (including phenoxy) is 2. The van der Waals surface area contributed by atoms with Gasteiger partial charge < -0.3 is 19.3 Å². The summed E-state index contributed by atoms with van der Waals surface area (Å²) in [5.41, 5.74) is 7.05. The second-order valence-corrected chi connectivity index (χ2v) is 13.9. The van der Waals surface area contributed by atoms with Crippen LogP contribution in [0, 0.1) is 6.92 Å². The second-order valence-electron chi connectivity index (χ2n) is 11.9. The first-order chi connectivity index (χ1) is 24.9. The summed E-state index contributed by atoms with van der Waals surface area (Å²) in [5, 5.41) is 0. The molecule has 0 aromatic heterocycles. The zero-order valence-electron chi connectivity index (χ0n) is 28.3. The average molecular weight is 689 g/mol. The number of benzene rings is 7. The van der Waals surface area contributed by atoms with Crippen LogP contribution in [0.1, 0.15) is 5.56 Å². The minimum absolute atomic E-state index is 0.217. The highest BCUT2D eigenvalue weighted by atomic mass is 32.2. The molecule has 0 aliphatic heterocycles. The number of aryl methyl sites for hydroxylation is 1. The maximum absolute atomic E-state index is 13.1. The van der Waals surface area contributed by atoms with Gasteiger partial charge in [0.05, 0.1) is 16.9 Å². The number of hydrogen-bond donors (Lipinski definition) is 0. The molecule has 0 fully saturated rings. The molecule has 6 nitrogen and oxygen atoms in total. The molecule has 0 unspecified atom stereocenters. The van der Waals surface area contributed by atoms with E-state index in [2.05, 4.69) is 70.5 Å². The van der Waals surface area contributed by atoms with E-state index < -0.39 is 9.84 Å². The fraction of sp³-hybridized carbons (Fsp3) is 0.0455. The van der Waals surface area contributed by atoms with Gasteiger partial charge in [-0.3, -0.25) is 0 Å². The summed E-state index contributed by atoms with van der Waals surface area (Å²) in [6, 6.07) is 58.3. The van der Waals surface area contributed by atoms with Gasteiger partial charge in [-0.15, -0.1) is 0 Å². The van der Waals surface area contributed by atoms with E-state index in [9.17, 15) is 8.42 Å². The van der Waals surface area contributed by atoms with Gasteiger partial charge >= 0.3 is 0 Å². The summed E-state index contributed by atoms with van der Waals surface area (Å²) in [7, 11) is -1.95. The van der Waals surface area contributed by atoms with E-state index in [1.807, 2.05) is 79.7 Å². The molecule has 0 spiro atoms. The van der Waals surface area contributed by atoms with E-state index in [4.69, 9.17) is 9.47 Å². The molecule has 0 N–H and O–H groups in total. The van der Waals surface area contributed by atoms with Crippen LogP contribution in [0.25, 0.3) is 0 Å². The van der Waals surface area contributed by atoms with Crippen molar-refractivity contribution in [1.82, 2.24) is 0 Å². The number of nitrogens with zero attached hydrogens (tertiary/aromatic N) is 2. The smallest absolute Gasteiger partial charge is 0.206 e. The highest BCUT2D eigenvalue weighted by molar-refractivity contribution is 7.91. The second kappa shape index (κ2) is 14.7. The van der Waals surface area contributed by atoms with Gasteiger partial charge in [0.1, 0.15) is 17.2 Å². The Morgan fingerprint density at radius 1 is 0.392 bits per heavy atom. The van der Waals surface area contributed by atoms with Gasteiger partial charge in [-0.2, -0.15) is 0 Å². The Morgan fingerprint density at radius 3 is 1.10 bits per heavy atom. The lowest BCUT2D eigenvalue weighted by atomic mass is 10.1. The van der Waals surface area contributed by atoms with Crippen LogP contribution in [0.2, 0.25) is 0 Å². The van der Waals surface area contributed by atoms with Gasteiger partial charge in [0.15, 0.2) is 0 Å². The normalized spacial score (nSPS) is 11.1. The largest absolute Gasteiger partial charge is 0.497 e. The lowest BCUT2D eigenvalue weighted by Crippen LogP contribution is -2.12. The molecule has 0 radical (unpaired) electrons. The quantitative estimate of drug-likeness (QED) is 0.135. The summed E-state index contributed by atoms with van der Waals surface area (Å²) in [4.78, 5) is 4.89. The van der Waals surface area contributed by atoms with Crippen LogP contribution in [-0.4, -0.2) is 15.5 Å². The third-order valence-electron chi connectivity index (χ3n) is 8.52. The number of hydrogen-bond acceptors (Lipinski definition) is 6. The Kier molecular flexibility index (Phi) is 9.55. The summed E-state index contributed by atoms with van der Waals surface area (Å²) >= 11 is 0. The Morgan fingerprint density at radius 2 is 0.706 bits per heavy atom. The summed E-state index contributed by atoms with van der Waals surface area (Å²) in [6.45, 7) is 1.93. The van der Waals surface area contributed by atoms with E-state index in [1.165, 1.54) is 0 Å². The Balaban J connectivity index is 1.14. The molecule has 0 heterocycles. The van der Waals surface area contributed by atoms with Crippen molar-refractivity contribution < 1.29 is 17.9 Å². The number of sulfone groups is 1. The Labute approximate surface area is 299 Å². The Hall–Kier alpha value is -6.31. The van der Waals surface area contributed by atoms with E-state index in [1.54, 1.807) is 55.6 Å². The monoisotopic (exact) mass is 688 g/mol. The fourth-order valence-electron chi connectivity index (χ4n) is 5.87. The fourth-order valence-corrected chi connectivity index (χ4v) is 7.13. The van der Waals surface area contributed by atoms with Crippen LogP contribution >= 0.6 is 0 Å². The molecule has 51 heavy (non-hydrogen) atoms. The topological polar surface area (TPSA) is 59.1 Å². The summed E-state index contributed by atoms with van der Waals surface area (Å²) in [5.74, 6) is 1.98. The molecule has 0 saturated carbocycles. The maximum atomic E-state index is 13.1. The molecule has 0 bridgehead atoms. The minimum atomic E-state index is -3.62. The van der Waals surface area contributed by atoms with Crippen LogP contribution in [0.3, 0.4) is 0 Å². The predicted molar refractivity (Wildman–Crippen MR) is 206 cm³/mol. The molecule has 7 rings (SSSR count). The number of anilines is 6. The molecule has 7 aromatic carbocycles. The third-order valence-corrected chi connectivity index (χ3v) is 10.3. The van der Waals surface area contributed by atoms with Gasteiger partial charge in [0.2, 0.25) is 9.84 Å². The van der Waals surface area contributed by atoms with Crippen molar-refractivity contribution in [1.29, 1.82) is 0 Å². The number of para-hydroxylation sites is 2. The molecule has 0 aliphatic carbocycles. The summed E-state index contributed by atoms with van der Waals surface area (Å²) in [6.07, 6.45) is 0. The van der Waals surface area contributed by atoms with Gasteiger partial charge in [0.25, 0.3) is 0 Å². The summed E-state index contributed by atoms with van der Waals surface area (Å²) < 4.78 is 37.7. The molecule has 0 aliphatic rings. The van der Waals surface area contributed by atoms with Crippen molar-refractivity contribution in [3.8, 4) is 17.2 Å². The van der Waals surface area contributed by atoms with Gasteiger partial charge in [-0.25, -0.2) is 8.42 Å². The third kappa shape index (κ3) is 7.34. The molecular formula is C44H36N2O4S. The molecule has 252 valence electrons. The zero-order chi connectivity index (χ0) is 35.2. The van der Waals surface area contributed by atoms with Crippen LogP contribution in [0.5, 0.6) is 17.2 Å². The van der Waals surface area contributed by atoms with E-state index >= 15 is 0 Å². The predicted octanol–water partition coefficient (Wildman–Crippen LogP) is 11.6. The zero-order valence-corrected chi connectivity index (χ0v) is 29.1. The van der Waals surface area contributed by atoms with E-state index in [-0.39, 0.29) is 9.79 Å². The van der Waals surface area contributed by atoms with Gasteiger partial charge in [-0.05, 0) is 140 Å². The van der Waals surface area contributed by atoms with Crippen LogP contribution in [0.4, 0.5) is 34.1 Å². The van der Waals surface area contributed by atoms with Crippen LogP contribution in [0.15, 0.2) is 192 Å². The minimum Gasteiger partial charge on any atom is -0.497 e. The van der Waals surface area contributed by atoms with Crippen molar-refractivity contribution >= 4 is 44.0 Å². The van der Waals surface area contributed by atoms with Crippen molar-refractivity contribution in [2.75, 3.05) is 16.9 Å². The standard InChI is InChI=1S/C44H36N2O4S/c1-33-13-29-43(30-14-33)51(47,48)44-31-27-42(28-32-44)50-41-25-21-39(22-26-41)46(35-11-7-4-8-12-35)37-17-15-36(16-18-37)45(34-9-5-3-6-10-34)38-19-23-40(49-2)24-20-38/h3-32H,1-2H3. The molecule has 7 heteroatoms. The highest BCUT2D eigenvalue weighted by Crippen LogP contribution is 2.40. The van der Waals surface area contributed by atoms with E-state index in [0.717, 1.165) is 45.4 Å². The van der Waals surface area contributed by atoms with Gasteiger partial charge in [0, 0.05) is 34.1 Å². The van der Waals surface area contributed by atoms with Gasteiger partial charge in [-0.1, -0.05) is 54.1 Å². The first-order valence-electron chi connectivity index (χ1n) is 16.5. The first-order valence-corrected chi connectivity index (χ1v) is 18.0. The molecule has 7 aromatic rings. The molecule has 0 atom stereocenters. The van der Waals surface area contributed by atoms with Crippen molar-refractivity contribution in [3.05, 3.63) is 188 Å². The number of rotatable bonds is 11. The van der Waals surface area contributed by atoms with Crippen molar-refractivity contribution in [2.45, 2.75) is 16.7 Å². The van der Waals surface area contributed by atoms with Crippen molar-refractivity contribution in [3.63, 3.8) is 0 Å². The average Bonchev–Trinajstić information content (AvgIpc) is 3.18. The maximum Gasteiger partial charge on any atom is 0.206 e. The Bertz CT molecular complexity index is 2290. The highest BCUT2D eigenvalue weighted by Gasteiger charge is 2.18. The lowest BCUT2D eigenvalue weighted by molar-refractivity contribution is 0.415. The SMILES string of the molecule is COc1ccc(N(c2ccccc2)c2ccc(N(c3ccccc3)c3ccc(Oc4ccc(S(=O)(=O)c5ccc(C)cc5)cc4)cc3)cc2)cc1. The number of methoxy groups -OCH3 is 1. The van der Waals surface area contributed by atoms with Crippen molar-refractivity contribution in [2.24, 2.45) is 0 Å². The lowest BCUT2D eigenvalue weighted by Gasteiger charge is -2.28. The van der Waals surface area contributed by atoms with Crippen LogP contribution in [-0.2, 0) is 9.84 Å². The molecule has 0 saturated heterocycles.